The maximum absolute atomic E-state index is 5.05. The van der Waals surface area contributed by atoms with Gasteiger partial charge in [0.1, 0.15) is 0 Å². The van der Waals surface area contributed by atoms with Crippen LogP contribution >= 0.6 is 0 Å². The summed E-state index contributed by atoms with van der Waals surface area (Å²) >= 11 is 5.05. The van der Waals surface area contributed by atoms with Crippen LogP contribution in [0.5, 0.6) is 0 Å². The van der Waals surface area contributed by atoms with E-state index in [1.165, 1.54) is 5.56 Å². The predicted molar refractivity (Wildman–Crippen MR) is 41.5 cm³/mol. The van der Waals surface area contributed by atoms with Crippen LogP contribution in [0, 0.1) is 0 Å². The second kappa shape index (κ2) is 2.83. The van der Waals surface area contributed by atoms with Gasteiger partial charge in [-0.1, -0.05) is 36.8 Å². The molecule has 0 saturated heterocycles. The van der Waals surface area contributed by atoms with Gasteiger partial charge in [0.25, 0.3) is 0 Å². The lowest BCUT2D eigenvalue weighted by Gasteiger charge is -2.09. The van der Waals surface area contributed by atoms with Crippen molar-refractivity contribution in [2.45, 2.75) is 18.2 Å². The minimum Gasteiger partial charge on any atom is -0.779 e. The Morgan fingerprint density at radius 3 is 2.44 bits per heavy atom. The summed E-state index contributed by atoms with van der Waals surface area (Å²) in [6, 6.07) is 8.03. The van der Waals surface area contributed by atoms with Crippen LogP contribution in [-0.4, -0.2) is 0 Å². The summed E-state index contributed by atoms with van der Waals surface area (Å²) in [5.74, 6) is 0. The van der Waals surface area contributed by atoms with Crippen molar-refractivity contribution in [3.8, 4) is 0 Å². The van der Waals surface area contributed by atoms with E-state index < -0.39 is 0 Å². The molecule has 0 bridgehead atoms. The molecule has 0 aromatic heterocycles. The molecule has 0 amide bonds. The van der Waals surface area contributed by atoms with E-state index >= 15 is 0 Å². The van der Waals surface area contributed by atoms with Crippen LogP contribution < -0.4 is 0 Å². The van der Waals surface area contributed by atoms with Crippen LogP contribution in [0.4, 0.5) is 0 Å². The fourth-order valence-electron chi connectivity index (χ4n) is 0.796. The van der Waals surface area contributed by atoms with Crippen molar-refractivity contribution >= 4 is 12.6 Å². The second-order valence-corrected chi connectivity index (χ2v) is 2.40. The second-order valence-electron chi connectivity index (χ2n) is 1.96. The molecule has 0 aliphatic carbocycles. The first-order chi connectivity index (χ1) is 4.34. The SMILES string of the molecule is CCc1ccccc1[S-]. The van der Waals surface area contributed by atoms with Gasteiger partial charge in [-0.05, 0) is 6.42 Å². The molecule has 0 atom stereocenters. The topological polar surface area (TPSA) is 0 Å². The highest BCUT2D eigenvalue weighted by molar-refractivity contribution is 7.58. The van der Waals surface area contributed by atoms with Crippen LogP contribution in [0.1, 0.15) is 12.5 Å². The first kappa shape index (κ1) is 6.56. The maximum atomic E-state index is 5.05. The minimum atomic E-state index is 0.986. The van der Waals surface area contributed by atoms with E-state index in [1.54, 1.807) is 0 Å². The Kier molecular flexibility index (Phi) is 2.06. The summed E-state index contributed by atoms with van der Waals surface area (Å²) in [6.07, 6.45) is 1.04. The fraction of sp³-hybridized carbons (Fsp3) is 0.250. The zero-order valence-corrected chi connectivity index (χ0v) is 6.24. The molecule has 0 N–H and O–H groups in total. The summed E-state index contributed by atoms with van der Waals surface area (Å²) in [7, 11) is 0. The molecular weight excluding hydrogens is 128 g/mol. The summed E-state index contributed by atoms with van der Waals surface area (Å²) < 4.78 is 0. The molecule has 0 fully saturated rings. The van der Waals surface area contributed by atoms with Gasteiger partial charge in [0.15, 0.2) is 0 Å². The first-order valence-electron chi connectivity index (χ1n) is 3.09. The van der Waals surface area contributed by atoms with Gasteiger partial charge in [0.2, 0.25) is 0 Å². The molecule has 0 heterocycles. The first-order valence-corrected chi connectivity index (χ1v) is 3.50. The molecule has 0 unspecified atom stereocenters. The molecular formula is C8H9S-. The van der Waals surface area contributed by atoms with Crippen molar-refractivity contribution in [3.63, 3.8) is 0 Å². The number of rotatable bonds is 1. The van der Waals surface area contributed by atoms with Gasteiger partial charge in [0, 0.05) is 0 Å². The molecule has 1 rings (SSSR count). The van der Waals surface area contributed by atoms with Gasteiger partial charge in [0.05, 0.1) is 0 Å². The van der Waals surface area contributed by atoms with E-state index in [-0.39, 0.29) is 0 Å². The number of aryl methyl sites for hydroxylation is 1. The molecule has 1 heteroatoms. The quantitative estimate of drug-likeness (QED) is 0.534. The van der Waals surface area contributed by atoms with Gasteiger partial charge in [-0.3, -0.25) is 0 Å². The summed E-state index contributed by atoms with van der Waals surface area (Å²) in [6.45, 7) is 2.12. The highest BCUT2D eigenvalue weighted by Crippen LogP contribution is 2.06. The van der Waals surface area contributed by atoms with Gasteiger partial charge < -0.3 is 12.6 Å². The molecule has 1 aromatic carbocycles. The van der Waals surface area contributed by atoms with E-state index in [2.05, 4.69) is 13.0 Å². The van der Waals surface area contributed by atoms with Crippen LogP contribution in [0.25, 0.3) is 0 Å². The lowest BCUT2D eigenvalue weighted by Crippen LogP contribution is -1.82. The molecule has 0 aliphatic rings. The Bertz CT molecular complexity index is 194. The van der Waals surface area contributed by atoms with Crippen molar-refractivity contribution in [2.75, 3.05) is 0 Å². The van der Waals surface area contributed by atoms with Crippen LogP contribution in [0.15, 0.2) is 29.2 Å². The normalized spacial score (nSPS) is 9.44. The third kappa shape index (κ3) is 1.42. The van der Waals surface area contributed by atoms with Gasteiger partial charge in [-0.2, -0.15) is 4.90 Å². The van der Waals surface area contributed by atoms with Crippen molar-refractivity contribution in [1.29, 1.82) is 0 Å². The van der Waals surface area contributed by atoms with Gasteiger partial charge >= 0.3 is 0 Å². The molecule has 9 heavy (non-hydrogen) atoms. The fourth-order valence-corrected chi connectivity index (χ4v) is 1.09. The monoisotopic (exact) mass is 137 g/mol. The summed E-state index contributed by atoms with van der Waals surface area (Å²) in [5, 5.41) is 0. The summed E-state index contributed by atoms with van der Waals surface area (Å²) in [4.78, 5) is 0.986. The van der Waals surface area contributed by atoms with Gasteiger partial charge in [-0.15, -0.1) is 0 Å². The Balaban J connectivity index is 3.01. The Labute approximate surface area is 61.3 Å². The zero-order chi connectivity index (χ0) is 6.69. The highest BCUT2D eigenvalue weighted by atomic mass is 32.1. The number of hydrogen-bond donors (Lipinski definition) is 0. The maximum Gasteiger partial charge on any atom is -0.0322 e. The van der Waals surface area contributed by atoms with E-state index in [1.807, 2.05) is 18.2 Å². The van der Waals surface area contributed by atoms with Crippen molar-refractivity contribution in [2.24, 2.45) is 0 Å². The lowest BCUT2D eigenvalue weighted by atomic mass is 10.2. The van der Waals surface area contributed by atoms with Crippen molar-refractivity contribution in [3.05, 3.63) is 29.8 Å². The number of benzene rings is 1. The van der Waals surface area contributed by atoms with Crippen molar-refractivity contribution in [1.82, 2.24) is 0 Å². The Morgan fingerprint density at radius 2 is 2.00 bits per heavy atom. The summed E-state index contributed by atoms with van der Waals surface area (Å²) in [5.41, 5.74) is 1.27. The van der Waals surface area contributed by atoms with Gasteiger partial charge in [-0.25, -0.2) is 0 Å². The molecule has 0 aliphatic heterocycles. The molecule has 48 valence electrons. The molecule has 0 nitrogen and oxygen atoms in total. The van der Waals surface area contributed by atoms with E-state index in [9.17, 15) is 0 Å². The highest BCUT2D eigenvalue weighted by Gasteiger charge is 1.83. The molecule has 1 aromatic rings. The standard InChI is InChI=1S/C8H10S/c1-2-7-5-3-4-6-8(7)9/h3-6,9H,2H2,1H3/p-1. The van der Waals surface area contributed by atoms with E-state index in [4.69, 9.17) is 12.6 Å². The molecule has 0 spiro atoms. The van der Waals surface area contributed by atoms with Crippen LogP contribution in [0.2, 0.25) is 0 Å². The van der Waals surface area contributed by atoms with Crippen LogP contribution in [-0.2, 0) is 19.0 Å². The van der Waals surface area contributed by atoms with Crippen molar-refractivity contribution < 1.29 is 0 Å². The van der Waals surface area contributed by atoms with E-state index in [0.717, 1.165) is 11.3 Å². The Morgan fingerprint density at radius 1 is 1.33 bits per heavy atom. The Hall–Kier alpha value is -0.560. The lowest BCUT2D eigenvalue weighted by molar-refractivity contribution is 1.08. The zero-order valence-electron chi connectivity index (χ0n) is 5.42. The third-order valence-corrected chi connectivity index (χ3v) is 1.75. The van der Waals surface area contributed by atoms with Crippen LogP contribution in [0.3, 0.4) is 0 Å². The molecule has 0 radical (unpaired) electrons. The largest absolute Gasteiger partial charge is 0.779 e. The minimum absolute atomic E-state index is 0.986. The average molecular weight is 137 g/mol. The third-order valence-electron chi connectivity index (χ3n) is 1.35. The van der Waals surface area contributed by atoms with E-state index in [0.29, 0.717) is 0 Å². The smallest absolute Gasteiger partial charge is 0.0322 e. The number of hydrogen-bond acceptors (Lipinski definition) is 1. The predicted octanol–water partition coefficient (Wildman–Crippen LogP) is 2.15. The average Bonchev–Trinajstić information content (AvgIpc) is 1.89. The molecule has 0 saturated carbocycles.